The molecule has 26 heavy (non-hydrogen) atoms. The number of benzene rings is 1. The number of hydrogen-bond donors (Lipinski definition) is 1. The van der Waals surface area contributed by atoms with Gasteiger partial charge in [0, 0.05) is 26.1 Å². The summed E-state index contributed by atoms with van der Waals surface area (Å²) in [4.78, 5) is 25.4. The van der Waals surface area contributed by atoms with Crippen LogP contribution < -0.4 is 0 Å². The Labute approximate surface area is 150 Å². The van der Waals surface area contributed by atoms with Crippen molar-refractivity contribution in [3.05, 3.63) is 35.4 Å². The van der Waals surface area contributed by atoms with E-state index in [0.29, 0.717) is 39.0 Å². The number of carboxylic acid groups (broad SMARTS) is 1. The summed E-state index contributed by atoms with van der Waals surface area (Å²) in [5, 5.41) is 9.27. The number of carbonyl (C=O) groups excluding carboxylic acids is 1. The molecular formula is C19H23F2NO4. The van der Waals surface area contributed by atoms with E-state index in [9.17, 15) is 23.5 Å². The van der Waals surface area contributed by atoms with Gasteiger partial charge in [0.05, 0.1) is 12.0 Å². The first kappa shape index (κ1) is 18.8. The van der Waals surface area contributed by atoms with Gasteiger partial charge in [-0.1, -0.05) is 0 Å². The van der Waals surface area contributed by atoms with Gasteiger partial charge in [0.2, 0.25) is 5.91 Å². The summed E-state index contributed by atoms with van der Waals surface area (Å²) in [5.74, 6) is -2.24. The zero-order chi connectivity index (χ0) is 18.7. The predicted molar refractivity (Wildman–Crippen MR) is 89.5 cm³/mol. The van der Waals surface area contributed by atoms with Gasteiger partial charge in [0.1, 0.15) is 11.6 Å². The number of carboxylic acids is 1. The van der Waals surface area contributed by atoms with Gasteiger partial charge in [0.25, 0.3) is 0 Å². The van der Waals surface area contributed by atoms with Crippen LogP contribution in [0.3, 0.4) is 0 Å². The lowest BCUT2D eigenvalue weighted by Crippen LogP contribution is -2.43. The molecule has 0 radical (unpaired) electrons. The monoisotopic (exact) mass is 367 g/mol. The topological polar surface area (TPSA) is 66.8 Å². The molecule has 142 valence electrons. The first-order chi connectivity index (χ1) is 12.5. The summed E-state index contributed by atoms with van der Waals surface area (Å²) in [6.07, 6.45) is 1.96. The Morgan fingerprint density at radius 3 is 2.62 bits per heavy atom. The van der Waals surface area contributed by atoms with Gasteiger partial charge in [-0.25, -0.2) is 8.78 Å². The Kier molecular flexibility index (Phi) is 5.86. The molecule has 2 atom stereocenters. The van der Waals surface area contributed by atoms with E-state index in [4.69, 9.17) is 4.74 Å². The van der Waals surface area contributed by atoms with Crippen LogP contribution in [-0.4, -0.2) is 47.7 Å². The molecule has 5 nitrogen and oxygen atoms in total. The molecule has 0 aliphatic carbocycles. The van der Waals surface area contributed by atoms with Crippen molar-refractivity contribution in [2.24, 2.45) is 11.8 Å². The highest BCUT2D eigenvalue weighted by atomic mass is 19.1. The zero-order valence-electron chi connectivity index (χ0n) is 14.5. The van der Waals surface area contributed by atoms with E-state index in [1.807, 2.05) is 0 Å². The second-order valence-electron chi connectivity index (χ2n) is 7.02. The fourth-order valence-electron chi connectivity index (χ4n) is 3.95. The highest BCUT2D eigenvalue weighted by Gasteiger charge is 2.40. The maximum absolute atomic E-state index is 13.6. The van der Waals surface area contributed by atoms with Crippen molar-refractivity contribution in [3.63, 3.8) is 0 Å². The summed E-state index contributed by atoms with van der Waals surface area (Å²) in [6, 6.07) is 3.25. The van der Waals surface area contributed by atoms with Crippen molar-refractivity contribution in [1.82, 2.24) is 4.90 Å². The second kappa shape index (κ2) is 8.12. The van der Waals surface area contributed by atoms with Crippen molar-refractivity contribution in [3.8, 4) is 0 Å². The largest absolute Gasteiger partial charge is 0.481 e. The summed E-state index contributed by atoms with van der Waals surface area (Å²) >= 11 is 0. The Morgan fingerprint density at radius 1 is 1.19 bits per heavy atom. The van der Waals surface area contributed by atoms with Crippen LogP contribution in [0.1, 0.15) is 31.2 Å². The molecule has 0 spiro atoms. The van der Waals surface area contributed by atoms with E-state index in [0.717, 1.165) is 18.2 Å². The Morgan fingerprint density at radius 2 is 1.92 bits per heavy atom. The SMILES string of the molecule is O=C(O)C1CCO[C@H]1C1CCN(C(=O)CCc2cc(F)ccc2F)CC1. The number of likely N-dealkylation sites (tertiary alicyclic amines) is 1. The number of aryl methyl sites for hydroxylation is 1. The summed E-state index contributed by atoms with van der Waals surface area (Å²) < 4.78 is 32.5. The molecule has 2 fully saturated rings. The van der Waals surface area contributed by atoms with Gasteiger partial charge < -0.3 is 14.7 Å². The first-order valence-electron chi connectivity index (χ1n) is 9.02. The van der Waals surface area contributed by atoms with E-state index >= 15 is 0 Å². The maximum Gasteiger partial charge on any atom is 0.309 e. The molecule has 1 aromatic rings. The average molecular weight is 367 g/mol. The Bertz CT molecular complexity index is 674. The van der Waals surface area contributed by atoms with Crippen LogP contribution in [-0.2, 0) is 20.7 Å². The molecule has 0 aromatic heterocycles. The lowest BCUT2D eigenvalue weighted by atomic mass is 9.84. The molecule has 3 rings (SSSR count). The minimum Gasteiger partial charge on any atom is -0.481 e. The molecule has 1 amide bonds. The van der Waals surface area contributed by atoms with Crippen LogP contribution in [0, 0.1) is 23.5 Å². The molecule has 0 bridgehead atoms. The number of amides is 1. The molecule has 2 heterocycles. The first-order valence-corrected chi connectivity index (χ1v) is 9.02. The average Bonchev–Trinajstić information content (AvgIpc) is 3.12. The van der Waals surface area contributed by atoms with Gasteiger partial charge in [-0.05, 0) is 55.4 Å². The fraction of sp³-hybridized carbons (Fsp3) is 0.579. The summed E-state index contributed by atoms with van der Waals surface area (Å²) in [7, 11) is 0. The standard InChI is InChI=1S/C19H23F2NO4/c20-14-2-3-16(21)13(11-14)1-4-17(23)22-8-5-12(6-9-22)18-15(19(24)25)7-10-26-18/h2-3,11-12,15,18H,1,4-10H2,(H,24,25)/t15?,18-/m0/s1. The maximum atomic E-state index is 13.6. The number of ether oxygens (including phenoxy) is 1. The van der Waals surface area contributed by atoms with E-state index < -0.39 is 23.5 Å². The van der Waals surface area contributed by atoms with Crippen molar-refractivity contribution >= 4 is 11.9 Å². The number of nitrogens with zero attached hydrogens (tertiary/aromatic N) is 1. The molecule has 2 aliphatic rings. The summed E-state index contributed by atoms with van der Waals surface area (Å²) in [6.45, 7) is 1.56. The van der Waals surface area contributed by atoms with Crippen LogP contribution in [0.15, 0.2) is 18.2 Å². The van der Waals surface area contributed by atoms with Crippen LogP contribution in [0.2, 0.25) is 0 Å². The molecule has 7 heteroatoms. The van der Waals surface area contributed by atoms with Crippen molar-refractivity contribution in [2.45, 2.75) is 38.2 Å². The molecule has 1 unspecified atom stereocenters. The quantitative estimate of drug-likeness (QED) is 0.869. The molecular weight excluding hydrogens is 344 g/mol. The number of carbonyl (C=O) groups is 2. The zero-order valence-corrected chi connectivity index (χ0v) is 14.5. The van der Waals surface area contributed by atoms with Crippen molar-refractivity contribution < 1.29 is 28.2 Å². The lowest BCUT2D eigenvalue weighted by Gasteiger charge is -2.35. The highest BCUT2D eigenvalue weighted by Crippen LogP contribution is 2.33. The smallest absolute Gasteiger partial charge is 0.309 e. The predicted octanol–water partition coefficient (Wildman–Crippen LogP) is 2.63. The van der Waals surface area contributed by atoms with Gasteiger partial charge in [0.15, 0.2) is 0 Å². The second-order valence-corrected chi connectivity index (χ2v) is 7.02. The molecule has 1 N–H and O–H groups in total. The lowest BCUT2D eigenvalue weighted by molar-refractivity contribution is -0.146. The number of halogens is 2. The fourth-order valence-corrected chi connectivity index (χ4v) is 3.95. The normalized spacial score (nSPS) is 24.0. The Hall–Kier alpha value is -2.02. The minimum atomic E-state index is -0.817. The number of rotatable bonds is 5. The van der Waals surface area contributed by atoms with E-state index in [1.54, 1.807) is 4.90 Å². The molecule has 1 aromatic carbocycles. The van der Waals surface area contributed by atoms with Crippen LogP contribution in [0.4, 0.5) is 8.78 Å². The molecule has 2 aliphatic heterocycles. The third kappa shape index (κ3) is 4.20. The number of piperidine rings is 1. The minimum absolute atomic E-state index is 0.0887. The number of aliphatic carboxylic acids is 1. The van der Waals surface area contributed by atoms with E-state index in [1.165, 1.54) is 0 Å². The van der Waals surface area contributed by atoms with Gasteiger partial charge in [-0.3, -0.25) is 9.59 Å². The van der Waals surface area contributed by atoms with Crippen LogP contribution in [0.5, 0.6) is 0 Å². The van der Waals surface area contributed by atoms with Gasteiger partial charge in [-0.15, -0.1) is 0 Å². The third-order valence-corrected chi connectivity index (χ3v) is 5.43. The van der Waals surface area contributed by atoms with Crippen molar-refractivity contribution in [2.75, 3.05) is 19.7 Å². The molecule has 0 saturated carbocycles. The highest BCUT2D eigenvalue weighted by molar-refractivity contribution is 5.76. The third-order valence-electron chi connectivity index (χ3n) is 5.43. The van der Waals surface area contributed by atoms with E-state index in [2.05, 4.69) is 0 Å². The van der Waals surface area contributed by atoms with Gasteiger partial charge in [-0.2, -0.15) is 0 Å². The van der Waals surface area contributed by atoms with E-state index in [-0.39, 0.29) is 36.3 Å². The number of hydrogen-bond acceptors (Lipinski definition) is 3. The van der Waals surface area contributed by atoms with Crippen LogP contribution in [0.25, 0.3) is 0 Å². The van der Waals surface area contributed by atoms with Gasteiger partial charge >= 0.3 is 5.97 Å². The Balaban J connectivity index is 1.49. The molecule has 2 saturated heterocycles. The van der Waals surface area contributed by atoms with Crippen LogP contribution >= 0.6 is 0 Å². The summed E-state index contributed by atoms with van der Waals surface area (Å²) in [5.41, 5.74) is 0.205. The van der Waals surface area contributed by atoms with Crippen molar-refractivity contribution in [1.29, 1.82) is 0 Å².